The van der Waals surface area contributed by atoms with E-state index in [2.05, 4.69) is 15.5 Å². The maximum absolute atomic E-state index is 14.0. The standard InChI is InChI=1S/C21H20FN3O2/c22-17-9-5-4-8-16(17)21(26)23-20-18(14-6-2-1-3-7-14)24-25-19(20)15-10-12-27-13-11-15/h1-9,15H,10-13H2,(H,23,26)(H,24,25). The summed E-state index contributed by atoms with van der Waals surface area (Å²) in [5, 5.41) is 10.5. The zero-order chi connectivity index (χ0) is 18.6. The van der Waals surface area contributed by atoms with Crippen LogP contribution in [0, 0.1) is 5.82 Å². The van der Waals surface area contributed by atoms with Crippen molar-refractivity contribution in [3.05, 3.63) is 71.7 Å². The Morgan fingerprint density at radius 3 is 2.52 bits per heavy atom. The number of anilines is 1. The quantitative estimate of drug-likeness (QED) is 0.722. The molecule has 2 heterocycles. The SMILES string of the molecule is O=C(Nc1c(-c2ccccc2)n[nH]c1C1CCOCC1)c1ccccc1F. The van der Waals surface area contributed by atoms with Crippen LogP contribution >= 0.6 is 0 Å². The molecule has 3 aromatic rings. The van der Waals surface area contributed by atoms with E-state index in [1.165, 1.54) is 12.1 Å². The maximum atomic E-state index is 14.0. The molecule has 1 amide bonds. The second-order valence-corrected chi connectivity index (χ2v) is 6.55. The van der Waals surface area contributed by atoms with Crippen LogP contribution in [0.5, 0.6) is 0 Å². The second kappa shape index (κ2) is 7.72. The van der Waals surface area contributed by atoms with Crippen molar-refractivity contribution in [3.8, 4) is 11.3 Å². The lowest BCUT2D eigenvalue weighted by Gasteiger charge is -2.22. The Balaban J connectivity index is 1.73. The molecule has 27 heavy (non-hydrogen) atoms. The Morgan fingerprint density at radius 1 is 1.07 bits per heavy atom. The van der Waals surface area contributed by atoms with Crippen LogP contribution in [0.2, 0.25) is 0 Å². The van der Waals surface area contributed by atoms with Crippen LogP contribution in [-0.2, 0) is 4.74 Å². The highest BCUT2D eigenvalue weighted by Crippen LogP contribution is 2.37. The highest BCUT2D eigenvalue weighted by atomic mass is 19.1. The van der Waals surface area contributed by atoms with E-state index < -0.39 is 11.7 Å². The average Bonchev–Trinajstić information content (AvgIpc) is 3.13. The number of aromatic nitrogens is 2. The van der Waals surface area contributed by atoms with Crippen LogP contribution in [0.25, 0.3) is 11.3 Å². The van der Waals surface area contributed by atoms with Crippen molar-refractivity contribution >= 4 is 11.6 Å². The van der Waals surface area contributed by atoms with Gasteiger partial charge in [0.15, 0.2) is 0 Å². The van der Waals surface area contributed by atoms with E-state index in [0.29, 0.717) is 24.6 Å². The molecule has 1 aromatic heterocycles. The van der Waals surface area contributed by atoms with E-state index in [-0.39, 0.29) is 11.5 Å². The average molecular weight is 365 g/mol. The Bertz CT molecular complexity index is 934. The van der Waals surface area contributed by atoms with Gasteiger partial charge in [-0.1, -0.05) is 42.5 Å². The molecule has 0 saturated carbocycles. The summed E-state index contributed by atoms with van der Waals surface area (Å²) in [6.45, 7) is 1.34. The van der Waals surface area contributed by atoms with Crippen molar-refractivity contribution in [2.75, 3.05) is 18.5 Å². The molecule has 1 aliphatic heterocycles. The Labute approximate surface area is 156 Å². The maximum Gasteiger partial charge on any atom is 0.258 e. The number of H-pyrrole nitrogens is 1. The number of carbonyl (C=O) groups is 1. The summed E-state index contributed by atoms with van der Waals surface area (Å²) < 4.78 is 19.5. The van der Waals surface area contributed by atoms with Crippen LogP contribution in [0.1, 0.15) is 34.8 Å². The molecule has 138 valence electrons. The lowest BCUT2D eigenvalue weighted by Crippen LogP contribution is -2.18. The van der Waals surface area contributed by atoms with Gasteiger partial charge in [0.25, 0.3) is 5.91 Å². The van der Waals surface area contributed by atoms with Crippen molar-refractivity contribution in [1.29, 1.82) is 0 Å². The lowest BCUT2D eigenvalue weighted by molar-refractivity contribution is 0.0846. The number of nitrogens with one attached hydrogen (secondary N) is 2. The van der Waals surface area contributed by atoms with Gasteiger partial charge in [0.05, 0.1) is 16.9 Å². The minimum absolute atomic E-state index is 0.00985. The fourth-order valence-corrected chi connectivity index (χ4v) is 3.39. The number of nitrogens with zero attached hydrogens (tertiary/aromatic N) is 1. The predicted molar refractivity (Wildman–Crippen MR) is 101 cm³/mol. The largest absolute Gasteiger partial charge is 0.381 e. The summed E-state index contributed by atoms with van der Waals surface area (Å²) >= 11 is 0. The third kappa shape index (κ3) is 3.61. The molecule has 2 aromatic carbocycles. The summed E-state index contributed by atoms with van der Waals surface area (Å²) in [7, 11) is 0. The lowest BCUT2D eigenvalue weighted by atomic mass is 9.94. The minimum atomic E-state index is -0.549. The van der Waals surface area contributed by atoms with E-state index in [1.54, 1.807) is 12.1 Å². The summed E-state index contributed by atoms with van der Waals surface area (Å²) in [4.78, 5) is 12.7. The van der Waals surface area contributed by atoms with Crippen LogP contribution in [0.3, 0.4) is 0 Å². The molecule has 0 bridgehead atoms. The molecule has 0 radical (unpaired) electrons. The van der Waals surface area contributed by atoms with Crippen LogP contribution in [0.4, 0.5) is 10.1 Å². The third-order valence-corrected chi connectivity index (χ3v) is 4.83. The number of hydrogen-bond donors (Lipinski definition) is 2. The number of carbonyl (C=O) groups excluding carboxylic acids is 1. The number of ether oxygens (including phenoxy) is 1. The van der Waals surface area contributed by atoms with Gasteiger partial charge >= 0.3 is 0 Å². The highest BCUT2D eigenvalue weighted by molar-refractivity contribution is 6.06. The van der Waals surface area contributed by atoms with Crippen molar-refractivity contribution in [2.24, 2.45) is 0 Å². The van der Waals surface area contributed by atoms with E-state index in [0.717, 1.165) is 24.1 Å². The Morgan fingerprint density at radius 2 is 1.78 bits per heavy atom. The van der Waals surface area contributed by atoms with E-state index in [9.17, 15) is 9.18 Å². The summed E-state index contributed by atoms with van der Waals surface area (Å²) in [6, 6.07) is 15.6. The number of amides is 1. The van der Waals surface area contributed by atoms with Gasteiger partial charge in [-0.15, -0.1) is 0 Å². The highest BCUT2D eigenvalue weighted by Gasteiger charge is 2.26. The summed E-state index contributed by atoms with van der Waals surface area (Å²) in [5.41, 5.74) is 3.02. The smallest absolute Gasteiger partial charge is 0.258 e. The van der Waals surface area contributed by atoms with Gasteiger partial charge in [0.1, 0.15) is 11.5 Å². The molecule has 1 saturated heterocycles. The van der Waals surface area contributed by atoms with Gasteiger partial charge in [0, 0.05) is 24.7 Å². The van der Waals surface area contributed by atoms with Gasteiger partial charge in [-0.05, 0) is 25.0 Å². The molecule has 1 fully saturated rings. The first kappa shape index (κ1) is 17.4. The Hall–Kier alpha value is -2.99. The first-order chi connectivity index (χ1) is 13.2. The first-order valence-electron chi connectivity index (χ1n) is 9.01. The van der Waals surface area contributed by atoms with E-state index >= 15 is 0 Å². The second-order valence-electron chi connectivity index (χ2n) is 6.55. The fraction of sp³-hybridized carbons (Fsp3) is 0.238. The molecule has 0 atom stereocenters. The topological polar surface area (TPSA) is 67.0 Å². The van der Waals surface area contributed by atoms with E-state index in [1.807, 2.05) is 30.3 Å². The number of rotatable bonds is 4. The molecular formula is C21H20FN3O2. The molecule has 4 rings (SSSR count). The number of benzene rings is 2. The number of aromatic amines is 1. The predicted octanol–water partition coefficient (Wildman–Crippen LogP) is 4.36. The van der Waals surface area contributed by atoms with Gasteiger partial charge < -0.3 is 10.1 Å². The van der Waals surface area contributed by atoms with Crippen molar-refractivity contribution < 1.29 is 13.9 Å². The van der Waals surface area contributed by atoms with Crippen molar-refractivity contribution in [1.82, 2.24) is 10.2 Å². The van der Waals surface area contributed by atoms with Gasteiger partial charge in [-0.25, -0.2) is 4.39 Å². The Kier molecular flexibility index (Phi) is 4.98. The van der Waals surface area contributed by atoms with Gasteiger partial charge in [-0.3, -0.25) is 9.89 Å². The van der Waals surface area contributed by atoms with Crippen molar-refractivity contribution in [3.63, 3.8) is 0 Å². The van der Waals surface area contributed by atoms with Crippen LogP contribution in [0.15, 0.2) is 54.6 Å². The van der Waals surface area contributed by atoms with Gasteiger partial charge in [0.2, 0.25) is 0 Å². The van der Waals surface area contributed by atoms with Crippen LogP contribution < -0.4 is 5.32 Å². The third-order valence-electron chi connectivity index (χ3n) is 4.83. The number of hydrogen-bond acceptors (Lipinski definition) is 3. The van der Waals surface area contributed by atoms with Crippen LogP contribution in [-0.4, -0.2) is 29.3 Å². The molecule has 6 heteroatoms. The molecule has 5 nitrogen and oxygen atoms in total. The molecular weight excluding hydrogens is 345 g/mol. The summed E-state index contributed by atoms with van der Waals surface area (Å²) in [6.07, 6.45) is 1.69. The zero-order valence-electron chi connectivity index (χ0n) is 14.7. The minimum Gasteiger partial charge on any atom is -0.381 e. The molecule has 0 unspecified atom stereocenters. The summed E-state index contributed by atoms with van der Waals surface area (Å²) in [5.74, 6) is -0.827. The fourth-order valence-electron chi connectivity index (χ4n) is 3.39. The molecule has 2 N–H and O–H groups in total. The monoisotopic (exact) mass is 365 g/mol. The zero-order valence-corrected chi connectivity index (χ0v) is 14.7. The normalized spacial score (nSPS) is 14.9. The molecule has 0 spiro atoms. The van der Waals surface area contributed by atoms with Crippen molar-refractivity contribution in [2.45, 2.75) is 18.8 Å². The van der Waals surface area contributed by atoms with E-state index in [4.69, 9.17) is 4.74 Å². The number of halogens is 1. The molecule has 1 aliphatic rings. The van der Waals surface area contributed by atoms with Gasteiger partial charge in [-0.2, -0.15) is 5.10 Å². The molecule has 0 aliphatic carbocycles. The first-order valence-corrected chi connectivity index (χ1v) is 9.01.